The minimum atomic E-state index is -0.197. The van der Waals surface area contributed by atoms with Crippen LogP contribution in [0.4, 0.5) is 16.2 Å². The highest BCUT2D eigenvalue weighted by atomic mass is 16.5. The van der Waals surface area contributed by atoms with Crippen LogP contribution in [0.5, 0.6) is 5.75 Å². The molecule has 6 heteroatoms. The van der Waals surface area contributed by atoms with E-state index in [-0.39, 0.29) is 18.1 Å². The molecule has 4 N–H and O–H groups in total. The van der Waals surface area contributed by atoms with Gasteiger partial charge in [-0.05, 0) is 57.9 Å². The van der Waals surface area contributed by atoms with Crippen LogP contribution in [-0.4, -0.2) is 23.2 Å². The Morgan fingerprint density at radius 3 is 2.42 bits per heavy atom. The van der Waals surface area contributed by atoms with Crippen LogP contribution in [0.3, 0.4) is 0 Å². The number of fused-ring (bicyclic) bond motifs is 1. The van der Waals surface area contributed by atoms with Crippen molar-refractivity contribution < 1.29 is 9.53 Å². The van der Waals surface area contributed by atoms with Crippen molar-refractivity contribution in [2.75, 3.05) is 17.7 Å². The van der Waals surface area contributed by atoms with Gasteiger partial charge < -0.3 is 25.7 Å². The zero-order chi connectivity index (χ0) is 22.5. The van der Waals surface area contributed by atoms with Gasteiger partial charge >= 0.3 is 6.03 Å². The summed E-state index contributed by atoms with van der Waals surface area (Å²) >= 11 is 0. The Kier molecular flexibility index (Phi) is 7.10. The number of carbonyl (C=O) groups is 1. The highest BCUT2D eigenvalue weighted by molar-refractivity contribution is 6.01. The first-order valence-electron chi connectivity index (χ1n) is 11.1. The van der Waals surface area contributed by atoms with Gasteiger partial charge in [0.1, 0.15) is 5.75 Å². The number of benzene rings is 2. The summed E-state index contributed by atoms with van der Waals surface area (Å²) in [5, 5.41) is 6.81. The van der Waals surface area contributed by atoms with Crippen LogP contribution >= 0.6 is 0 Å². The summed E-state index contributed by atoms with van der Waals surface area (Å²) in [5.74, 6) is 0.854. The van der Waals surface area contributed by atoms with Gasteiger partial charge in [0.05, 0.1) is 23.5 Å². The molecule has 0 radical (unpaired) electrons. The molecule has 0 spiro atoms. The number of nitrogens with two attached hydrogens (primary N) is 1. The molecule has 0 bridgehead atoms. The Balaban J connectivity index is 1.95. The lowest BCUT2D eigenvalue weighted by molar-refractivity contribution is 0.249. The van der Waals surface area contributed by atoms with E-state index in [9.17, 15) is 4.79 Å². The Labute approximate surface area is 184 Å². The fraction of sp³-hybridized carbons (Fsp3) is 0.400. The summed E-state index contributed by atoms with van der Waals surface area (Å²) in [6.45, 7) is 11.1. The summed E-state index contributed by atoms with van der Waals surface area (Å²) in [6.07, 6.45) is 1.85. The van der Waals surface area contributed by atoms with Crippen molar-refractivity contribution in [3.8, 4) is 17.0 Å². The third-order valence-corrected chi connectivity index (χ3v) is 5.41. The Hall–Kier alpha value is -3.15. The van der Waals surface area contributed by atoms with E-state index >= 15 is 0 Å². The number of nitrogens with one attached hydrogen (secondary N) is 2. The number of anilines is 2. The van der Waals surface area contributed by atoms with E-state index < -0.39 is 0 Å². The summed E-state index contributed by atoms with van der Waals surface area (Å²) in [4.78, 5) is 12.1. The molecule has 0 aliphatic carbocycles. The van der Waals surface area contributed by atoms with Gasteiger partial charge in [0.2, 0.25) is 0 Å². The molecule has 2 aromatic carbocycles. The lowest BCUT2D eigenvalue weighted by Gasteiger charge is -2.16. The topological polar surface area (TPSA) is 81.3 Å². The maximum absolute atomic E-state index is 12.1. The first kappa shape index (κ1) is 22.5. The molecule has 166 valence electrons. The number of hydrogen-bond donors (Lipinski definition) is 3. The third-order valence-electron chi connectivity index (χ3n) is 5.41. The number of hydrogen-bond acceptors (Lipinski definition) is 3. The fourth-order valence-electron chi connectivity index (χ4n) is 3.66. The molecular formula is C25H34N4O2. The van der Waals surface area contributed by atoms with E-state index in [1.807, 2.05) is 50.2 Å². The summed E-state index contributed by atoms with van der Waals surface area (Å²) in [5.41, 5.74) is 11.1. The molecule has 3 aromatic rings. The van der Waals surface area contributed by atoms with Crippen LogP contribution < -0.4 is 21.1 Å². The molecule has 0 aliphatic heterocycles. The van der Waals surface area contributed by atoms with Gasteiger partial charge in [0.15, 0.2) is 0 Å². The molecule has 6 nitrogen and oxygen atoms in total. The smallest absolute Gasteiger partial charge is 0.319 e. The van der Waals surface area contributed by atoms with Crippen LogP contribution in [0.15, 0.2) is 42.5 Å². The van der Waals surface area contributed by atoms with Crippen LogP contribution in [0, 0.1) is 0 Å². The number of ether oxygens (including phenoxy) is 1. The number of nitrogen functional groups attached to an aromatic ring is 1. The van der Waals surface area contributed by atoms with Gasteiger partial charge in [-0.3, -0.25) is 0 Å². The molecule has 0 saturated heterocycles. The van der Waals surface area contributed by atoms with Gasteiger partial charge in [-0.2, -0.15) is 0 Å². The van der Waals surface area contributed by atoms with E-state index in [4.69, 9.17) is 10.5 Å². The number of rotatable bonds is 8. The first-order valence-corrected chi connectivity index (χ1v) is 11.1. The van der Waals surface area contributed by atoms with Crippen molar-refractivity contribution in [2.45, 2.75) is 59.5 Å². The highest BCUT2D eigenvalue weighted by Gasteiger charge is 2.19. The fourth-order valence-corrected chi connectivity index (χ4v) is 3.66. The molecule has 0 fully saturated rings. The number of amides is 2. The van der Waals surface area contributed by atoms with Crippen molar-refractivity contribution in [1.29, 1.82) is 0 Å². The Morgan fingerprint density at radius 1 is 1.10 bits per heavy atom. The van der Waals surface area contributed by atoms with Crippen LogP contribution in [-0.2, 0) is 0 Å². The largest absolute Gasteiger partial charge is 0.494 e. The van der Waals surface area contributed by atoms with Gasteiger partial charge in [-0.15, -0.1) is 0 Å². The number of aromatic nitrogens is 1. The summed E-state index contributed by atoms with van der Waals surface area (Å²) in [7, 11) is 0. The zero-order valence-electron chi connectivity index (χ0n) is 19.2. The second-order valence-electron chi connectivity index (χ2n) is 8.24. The first-order chi connectivity index (χ1) is 14.8. The number of nitrogens with zero attached hydrogens (tertiary/aromatic N) is 1. The van der Waals surface area contributed by atoms with Crippen LogP contribution in [0.25, 0.3) is 22.2 Å². The van der Waals surface area contributed by atoms with Crippen molar-refractivity contribution in [3.05, 3.63) is 42.5 Å². The van der Waals surface area contributed by atoms with Crippen molar-refractivity contribution >= 4 is 28.3 Å². The Morgan fingerprint density at radius 2 is 1.81 bits per heavy atom. The normalized spacial score (nSPS) is 12.2. The van der Waals surface area contributed by atoms with E-state index in [0.29, 0.717) is 6.61 Å². The monoisotopic (exact) mass is 422 g/mol. The van der Waals surface area contributed by atoms with Gasteiger partial charge in [-0.1, -0.05) is 26.0 Å². The average Bonchev–Trinajstić information content (AvgIpc) is 3.04. The molecular weight excluding hydrogens is 388 g/mol. The highest BCUT2D eigenvalue weighted by Crippen LogP contribution is 2.40. The quantitative estimate of drug-likeness (QED) is 0.405. The van der Waals surface area contributed by atoms with E-state index in [2.05, 4.69) is 42.0 Å². The molecule has 31 heavy (non-hydrogen) atoms. The van der Waals surface area contributed by atoms with Gasteiger partial charge in [0, 0.05) is 34.8 Å². The standard InChI is InChI=1S/C25H34N4O2/c1-6-14-31-20-12-13-21-22(15-20)29(16(3)4)24(23(21)26)18-8-10-19(11-9-18)28-25(30)27-17(5)7-2/h8-13,15-17H,6-7,14,26H2,1-5H3,(H2,27,28,30). The second-order valence-corrected chi connectivity index (χ2v) is 8.24. The number of urea groups is 1. The second kappa shape index (κ2) is 9.77. The zero-order valence-corrected chi connectivity index (χ0v) is 19.2. The lowest BCUT2D eigenvalue weighted by Crippen LogP contribution is -2.35. The molecule has 1 atom stereocenters. The van der Waals surface area contributed by atoms with Crippen LogP contribution in [0.1, 0.15) is 53.5 Å². The SMILES string of the molecule is CCCOc1ccc2c(N)c(-c3ccc(NC(=O)NC(C)CC)cc3)n(C(C)C)c2c1. The van der Waals surface area contributed by atoms with Crippen molar-refractivity contribution in [2.24, 2.45) is 0 Å². The predicted molar refractivity (Wildman–Crippen MR) is 130 cm³/mol. The van der Waals surface area contributed by atoms with Gasteiger partial charge in [0.25, 0.3) is 0 Å². The summed E-state index contributed by atoms with van der Waals surface area (Å²) < 4.78 is 8.09. The van der Waals surface area contributed by atoms with E-state index in [1.165, 1.54) is 0 Å². The number of carbonyl (C=O) groups excluding carboxylic acids is 1. The molecule has 0 aliphatic rings. The Bertz CT molecular complexity index is 1040. The molecule has 1 aromatic heterocycles. The van der Waals surface area contributed by atoms with Crippen molar-refractivity contribution in [1.82, 2.24) is 9.88 Å². The van der Waals surface area contributed by atoms with E-state index in [0.717, 1.165) is 52.1 Å². The van der Waals surface area contributed by atoms with E-state index in [1.54, 1.807) is 0 Å². The molecule has 0 saturated carbocycles. The average molecular weight is 423 g/mol. The minimum absolute atomic E-state index is 0.131. The van der Waals surface area contributed by atoms with Gasteiger partial charge in [-0.25, -0.2) is 4.79 Å². The van der Waals surface area contributed by atoms with Crippen LogP contribution in [0.2, 0.25) is 0 Å². The lowest BCUT2D eigenvalue weighted by atomic mass is 10.1. The maximum Gasteiger partial charge on any atom is 0.319 e. The van der Waals surface area contributed by atoms with Crippen molar-refractivity contribution in [3.63, 3.8) is 0 Å². The summed E-state index contributed by atoms with van der Waals surface area (Å²) in [6, 6.07) is 14.0. The molecule has 3 rings (SSSR count). The maximum atomic E-state index is 12.1. The predicted octanol–water partition coefficient (Wildman–Crippen LogP) is 6.18. The molecule has 2 amide bonds. The minimum Gasteiger partial charge on any atom is -0.494 e. The molecule has 1 unspecified atom stereocenters. The third kappa shape index (κ3) is 4.95. The molecule has 1 heterocycles.